The number of likely N-dealkylation sites (tertiary alicyclic amines) is 1. The van der Waals surface area contributed by atoms with Crippen LogP contribution in [0.15, 0.2) is 109 Å². The van der Waals surface area contributed by atoms with Gasteiger partial charge in [0.05, 0.1) is 6.61 Å². The first-order chi connectivity index (χ1) is 21.0. The van der Waals surface area contributed by atoms with Gasteiger partial charge in [-0.1, -0.05) is 84.9 Å². The van der Waals surface area contributed by atoms with Crippen LogP contribution in [0.3, 0.4) is 0 Å². The predicted molar refractivity (Wildman–Crippen MR) is 165 cm³/mol. The third-order valence-electron chi connectivity index (χ3n) is 7.99. The van der Waals surface area contributed by atoms with Crippen molar-refractivity contribution in [2.45, 2.75) is 31.6 Å². The number of benzene rings is 4. The molecule has 7 nitrogen and oxygen atoms in total. The number of piperidine rings is 1. The van der Waals surface area contributed by atoms with Gasteiger partial charge in [-0.3, -0.25) is 9.69 Å². The second kappa shape index (κ2) is 14.1. The molecule has 43 heavy (non-hydrogen) atoms. The van der Waals surface area contributed by atoms with Crippen LogP contribution in [0.25, 0.3) is 0 Å². The highest BCUT2D eigenvalue weighted by Gasteiger charge is 2.42. The zero-order chi connectivity index (χ0) is 30.1. The lowest BCUT2D eigenvalue weighted by atomic mass is 9.86. The molecule has 0 saturated carbocycles. The Bertz CT molecular complexity index is 1490. The van der Waals surface area contributed by atoms with Gasteiger partial charge < -0.3 is 19.9 Å². The van der Waals surface area contributed by atoms with Crippen molar-refractivity contribution in [1.82, 2.24) is 10.2 Å². The molecule has 1 saturated heterocycles. The van der Waals surface area contributed by atoms with Crippen molar-refractivity contribution < 1.29 is 24.2 Å². The van der Waals surface area contributed by atoms with E-state index in [1.165, 1.54) is 5.56 Å². The van der Waals surface area contributed by atoms with E-state index >= 15 is 0 Å². The van der Waals surface area contributed by atoms with Gasteiger partial charge in [0.25, 0.3) is 5.91 Å². The van der Waals surface area contributed by atoms with Gasteiger partial charge in [0.2, 0.25) is 5.60 Å². The number of amides is 1. The quantitative estimate of drug-likeness (QED) is 0.235. The molecule has 0 aromatic heterocycles. The minimum atomic E-state index is -2.00. The average molecular weight is 579 g/mol. The minimum Gasteiger partial charge on any atom is -0.489 e. The monoisotopic (exact) mass is 578 g/mol. The molecular formula is C36H38N2O5. The Balaban J connectivity index is 1.24. The van der Waals surface area contributed by atoms with Crippen LogP contribution in [0.2, 0.25) is 0 Å². The summed E-state index contributed by atoms with van der Waals surface area (Å²) in [6.45, 7) is 3.31. The SMILES string of the molecule is CNC(=O)c1ccc(COc2cccc([C@](O)(C(=O)OCC3CCN(Cc4ccccc4)CC3)c3ccccc3)c2)cc1. The van der Waals surface area contributed by atoms with E-state index in [9.17, 15) is 14.7 Å². The maximum absolute atomic E-state index is 13.7. The van der Waals surface area contributed by atoms with E-state index in [0.717, 1.165) is 38.0 Å². The summed E-state index contributed by atoms with van der Waals surface area (Å²) in [7, 11) is 1.59. The fourth-order valence-electron chi connectivity index (χ4n) is 5.41. The summed E-state index contributed by atoms with van der Waals surface area (Å²) in [5.41, 5.74) is 1.55. The van der Waals surface area contributed by atoms with Crippen molar-refractivity contribution in [3.63, 3.8) is 0 Å². The van der Waals surface area contributed by atoms with E-state index in [0.29, 0.717) is 22.4 Å². The number of carbonyl (C=O) groups is 2. The maximum Gasteiger partial charge on any atom is 0.347 e. The Kier molecular flexibility index (Phi) is 9.87. The molecule has 7 heteroatoms. The van der Waals surface area contributed by atoms with Crippen molar-refractivity contribution in [1.29, 1.82) is 0 Å². The van der Waals surface area contributed by atoms with E-state index in [4.69, 9.17) is 9.47 Å². The number of hydrogen-bond acceptors (Lipinski definition) is 6. The first kappa shape index (κ1) is 30.0. The van der Waals surface area contributed by atoms with Crippen molar-refractivity contribution >= 4 is 11.9 Å². The molecule has 4 aromatic carbocycles. The Morgan fingerprint density at radius 3 is 2.16 bits per heavy atom. The smallest absolute Gasteiger partial charge is 0.347 e. The molecular weight excluding hydrogens is 540 g/mol. The Hall–Kier alpha value is -4.46. The van der Waals surface area contributed by atoms with Crippen LogP contribution in [-0.2, 0) is 28.3 Å². The third-order valence-corrected chi connectivity index (χ3v) is 7.99. The number of esters is 1. The van der Waals surface area contributed by atoms with Crippen molar-refractivity contribution in [3.05, 3.63) is 137 Å². The number of hydrogen-bond donors (Lipinski definition) is 2. The highest BCUT2D eigenvalue weighted by Crippen LogP contribution is 2.34. The second-order valence-corrected chi connectivity index (χ2v) is 11.0. The summed E-state index contributed by atoms with van der Waals surface area (Å²) < 4.78 is 11.8. The first-order valence-electron chi connectivity index (χ1n) is 14.7. The Labute approximate surface area is 253 Å². The van der Waals surface area contributed by atoms with Crippen LogP contribution in [-0.4, -0.2) is 48.6 Å². The fourth-order valence-corrected chi connectivity index (χ4v) is 5.41. The molecule has 5 rings (SSSR count). The van der Waals surface area contributed by atoms with E-state index < -0.39 is 11.6 Å². The standard InChI is InChI=1S/C36H38N2O5/c1-37-34(39)30-17-15-28(16-18-30)25-42-33-14-8-13-32(23-33)36(41,31-11-6-3-7-12-31)35(40)43-26-29-19-21-38(22-20-29)24-27-9-4-2-5-10-27/h2-18,23,29,41H,19-22,24-26H2,1H3,(H,37,39)/t36-/m0/s1. The molecule has 222 valence electrons. The summed E-state index contributed by atoms with van der Waals surface area (Å²) >= 11 is 0. The zero-order valence-corrected chi connectivity index (χ0v) is 24.4. The molecule has 0 aliphatic carbocycles. The van der Waals surface area contributed by atoms with Crippen molar-refractivity contribution in [2.75, 3.05) is 26.7 Å². The molecule has 1 atom stereocenters. The number of aliphatic hydroxyl groups is 1. The van der Waals surface area contributed by atoms with Crippen LogP contribution >= 0.6 is 0 Å². The normalized spacial score (nSPS) is 15.3. The lowest BCUT2D eigenvalue weighted by Gasteiger charge is -2.33. The van der Waals surface area contributed by atoms with Gasteiger partial charge >= 0.3 is 5.97 Å². The van der Waals surface area contributed by atoms with Gasteiger partial charge in [0, 0.05) is 24.7 Å². The summed E-state index contributed by atoms with van der Waals surface area (Å²) in [5, 5.41) is 14.6. The molecule has 1 amide bonds. The second-order valence-electron chi connectivity index (χ2n) is 11.0. The largest absolute Gasteiger partial charge is 0.489 e. The third kappa shape index (κ3) is 7.49. The molecule has 0 bridgehead atoms. The van der Waals surface area contributed by atoms with Gasteiger partial charge in [-0.05, 0) is 72.8 Å². The molecule has 0 unspecified atom stereocenters. The van der Waals surface area contributed by atoms with Crippen LogP contribution in [0.1, 0.15) is 45.5 Å². The number of nitrogens with zero attached hydrogens (tertiary/aromatic N) is 1. The van der Waals surface area contributed by atoms with Crippen molar-refractivity contribution in [2.24, 2.45) is 5.92 Å². The predicted octanol–water partition coefficient (Wildman–Crippen LogP) is 5.32. The van der Waals surface area contributed by atoms with E-state index in [1.807, 2.05) is 24.3 Å². The summed E-state index contributed by atoms with van der Waals surface area (Å²) in [4.78, 5) is 27.9. The van der Waals surface area contributed by atoms with Crippen molar-refractivity contribution in [3.8, 4) is 5.75 Å². The lowest BCUT2D eigenvalue weighted by molar-refractivity contribution is -0.164. The van der Waals surface area contributed by atoms with E-state index in [2.05, 4.69) is 34.5 Å². The molecule has 1 heterocycles. The first-order valence-corrected chi connectivity index (χ1v) is 14.7. The number of nitrogens with one attached hydrogen (secondary N) is 1. The van der Waals surface area contributed by atoms with Crippen LogP contribution < -0.4 is 10.1 Å². The molecule has 1 aliphatic rings. The Morgan fingerprint density at radius 2 is 1.49 bits per heavy atom. The molecule has 4 aromatic rings. The van der Waals surface area contributed by atoms with Crippen LogP contribution in [0.5, 0.6) is 5.75 Å². The maximum atomic E-state index is 13.7. The highest BCUT2D eigenvalue weighted by molar-refractivity contribution is 5.93. The number of rotatable bonds is 11. The highest BCUT2D eigenvalue weighted by atomic mass is 16.5. The summed E-state index contributed by atoms with van der Waals surface area (Å²) in [6.07, 6.45) is 1.86. The van der Waals surface area contributed by atoms with E-state index in [1.54, 1.807) is 67.7 Å². The Morgan fingerprint density at radius 1 is 0.837 bits per heavy atom. The van der Waals surface area contributed by atoms with Gasteiger partial charge in [-0.25, -0.2) is 4.79 Å². The molecule has 0 spiro atoms. The van der Waals surface area contributed by atoms with Gasteiger partial charge in [-0.2, -0.15) is 0 Å². The fraction of sp³-hybridized carbons (Fsp3) is 0.278. The van der Waals surface area contributed by atoms with Crippen LogP contribution in [0.4, 0.5) is 0 Å². The zero-order valence-electron chi connectivity index (χ0n) is 24.4. The van der Waals surface area contributed by atoms with Gasteiger partial charge in [-0.15, -0.1) is 0 Å². The lowest BCUT2D eigenvalue weighted by Crippen LogP contribution is -2.40. The topological polar surface area (TPSA) is 88.1 Å². The molecule has 2 N–H and O–H groups in total. The van der Waals surface area contributed by atoms with Gasteiger partial charge in [0.15, 0.2) is 0 Å². The van der Waals surface area contributed by atoms with E-state index in [-0.39, 0.29) is 25.0 Å². The molecule has 0 radical (unpaired) electrons. The average Bonchev–Trinajstić information content (AvgIpc) is 3.07. The molecule has 1 aliphatic heterocycles. The van der Waals surface area contributed by atoms with Gasteiger partial charge in [0.1, 0.15) is 12.4 Å². The minimum absolute atomic E-state index is 0.152. The summed E-state index contributed by atoms with van der Waals surface area (Å²) in [6, 6.07) is 33.4. The number of carbonyl (C=O) groups excluding carboxylic acids is 2. The van der Waals surface area contributed by atoms with Crippen LogP contribution in [0, 0.1) is 5.92 Å². The number of ether oxygens (including phenoxy) is 2. The molecule has 1 fully saturated rings. The summed E-state index contributed by atoms with van der Waals surface area (Å²) in [5.74, 6) is -0.116.